The van der Waals surface area contributed by atoms with Crippen LogP contribution in [0.15, 0.2) is 90.2 Å². The number of aromatic hydroxyl groups is 2. The lowest BCUT2D eigenvalue weighted by atomic mass is 9.88. The third-order valence-electron chi connectivity index (χ3n) is 15.7. The van der Waals surface area contributed by atoms with Crippen molar-refractivity contribution in [2.24, 2.45) is 11.8 Å². The first kappa shape index (κ1) is 51.1. The lowest BCUT2D eigenvalue weighted by molar-refractivity contribution is -0.138. The first-order valence-electron chi connectivity index (χ1n) is 26.2. The van der Waals surface area contributed by atoms with E-state index < -0.39 is 5.69 Å². The summed E-state index contributed by atoms with van der Waals surface area (Å²) >= 11 is 6.79. The molecule has 3 saturated heterocycles. The van der Waals surface area contributed by atoms with Crippen molar-refractivity contribution >= 4 is 45.7 Å². The SMILES string of the molecule is C=CC(=O)N1CCN(c2nc(OCCN3CCC(C(=O)N4CCC(Cc5ccc(-n6c(-c7cc(C(C)C)c(O)cc7O)n[nH]c6=O)cc5)CC4)CC3)nc3c2CCN(c2cccc4cccc(Cl)c24)C3)CC1CC#N. The summed E-state index contributed by atoms with van der Waals surface area (Å²) in [5.74, 6) is 1.33. The molecule has 0 radical (unpaired) electrons. The van der Waals surface area contributed by atoms with Crippen molar-refractivity contribution in [3.63, 3.8) is 0 Å². The van der Waals surface area contributed by atoms with Crippen LogP contribution in [0.3, 0.4) is 0 Å². The molecule has 2 aromatic heterocycles. The topological polar surface area (TPSA) is 200 Å². The fourth-order valence-corrected chi connectivity index (χ4v) is 11.8. The smallest absolute Gasteiger partial charge is 0.348 e. The molecule has 0 aliphatic carbocycles. The van der Waals surface area contributed by atoms with Crippen LogP contribution in [-0.2, 0) is 29.0 Å². The predicted molar refractivity (Wildman–Crippen MR) is 289 cm³/mol. The number of fused-ring (bicyclic) bond motifs is 2. The van der Waals surface area contributed by atoms with Gasteiger partial charge in [0.25, 0.3) is 0 Å². The number of hydrogen-bond acceptors (Lipinski definition) is 13. The third-order valence-corrected chi connectivity index (χ3v) is 16.0. The van der Waals surface area contributed by atoms with Gasteiger partial charge in [-0.05, 0) is 116 Å². The number of rotatable bonds is 14. The molecule has 18 heteroatoms. The Morgan fingerprint density at radius 2 is 1.69 bits per heavy atom. The maximum atomic E-state index is 13.9. The van der Waals surface area contributed by atoms with Gasteiger partial charge in [0.1, 0.15) is 23.9 Å². The summed E-state index contributed by atoms with van der Waals surface area (Å²) in [5, 5.41) is 40.3. The maximum absolute atomic E-state index is 13.9. The van der Waals surface area contributed by atoms with Gasteiger partial charge in [0, 0.05) is 74.4 Å². The number of phenols is 2. The Morgan fingerprint density at radius 1 is 0.933 bits per heavy atom. The van der Waals surface area contributed by atoms with Crippen molar-refractivity contribution in [3.8, 4) is 40.7 Å². The number of nitrogens with zero attached hydrogens (tertiary/aromatic N) is 10. The number of aromatic nitrogens is 5. The summed E-state index contributed by atoms with van der Waals surface area (Å²) in [6.07, 6.45) is 6.47. The largest absolute Gasteiger partial charge is 0.508 e. The van der Waals surface area contributed by atoms with E-state index in [1.165, 1.54) is 16.7 Å². The van der Waals surface area contributed by atoms with E-state index in [0.29, 0.717) is 79.5 Å². The minimum atomic E-state index is -0.434. The van der Waals surface area contributed by atoms with Crippen LogP contribution in [0.4, 0.5) is 11.5 Å². The van der Waals surface area contributed by atoms with Gasteiger partial charge in [-0.2, -0.15) is 20.3 Å². The molecule has 2 amide bonds. The van der Waals surface area contributed by atoms with Crippen LogP contribution in [0.1, 0.15) is 74.3 Å². The van der Waals surface area contributed by atoms with E-state index in [2.05, 4.69) is 66.7 Å². The molecule has 4 aromatic carbocycles. The summed E-state index contributed by atoms with van der Waals surface area (Å²) < 4.78 is 7.84. The quantitative estimate of drug-likeness (QED) is 0.0902. The fourth-order valence-electron chi connectivity index (χ4n) is 11.5. The van der Waals surface area contributed by atoms with Crippen LogP contribution in [0.2, 0.25) is 5.02 Å². The Bertz CT molecular complexity index is 3180. The van der Waals surface area contributed by atoms with Gasteiger partial charge in [-0.15, -0.1) is 0 Å². The Morgan fingerprint density at radius 3 is 2.43 bits per heavy atom. The third kappa shape index (κ3) is 10.8. The average Bonchev–Trinajstić information content (AvgIpc) is 3.81. The predicted octanol–water partition coefficient (Wildman–Crippen LogP) is 7.61. The molecule has 0 saturated carbocycles. The Labute approximate surface area is 441 Å². The molecule has 1 atom stereocenters. The van der Waals surface area contributed by atoms with Crippen LogP contribution >= 0.6 is 11.6 Å². The van der Waals surface area contributed by atoms with Gasteiger partial charge in [-0.3, -0.25) is 14.5 Å². The standard InChI is InChI=1S/C57H64ClN11O6/c1-4-51(72)68-28-27-67(34-42(68)15-21-59)53-43-20-26-66(48-10-6-8-39-7-5-9-46(58)52(39)48)35-47(43)60-56(61-53)75-30-29-64-22-18-40(19-23-64)55(73)65-24-16-38(17-25-65)31-37-11-13-41(14-12-37)69-54(62-63-57(69)74)45-32-44(36(2)3)49(70)33-50(45)71/h4-14,32-33,36,38,40,42,70-71H,1,15-20,22-31,34-35H2,2-3H3,(H,63,74). The van der Waals surface area contributed by atoms with E-state index in [4.69, 9.17) is 26.3 Å². The molecule has 75 heavy (non-hydrogen) atoms. The molecule has 0 spiro atoms. The monoisotopic (exact) mass is 1030 g/mol. The lowest BCUT2D eigenvalue weighted by Crippen LogP contribution is -2.55. The number of piperidine rings is 2. The van der Waals surface area contributed by atoms with E-state index in [0.717, 1.165) is 104 Å². The number of amides is 2. The summed E-state index contributed by atoms with van der Waals surface area (Å²) in [6.45, 7) is 14.4. The summed E-state index contributed by atoms with van der Waals surface area (Å²) in [5.41, 5.74) is 5.27. The molecular formula is C57H64ClN11O6. The zero-order valence-corrected chi connectivity index (χ0v) is 43.4. The summed E-state index contributed by atoms with van der Waals surface area (Å²) in [6, 6.07) is 25.2. The molecule has 0 bridgehead atoms. The summed E-state index contributed by atoms with van der Waals surface area (Å²) in [7, 11) is 0. The number of hydrogen-bond donors (Lipinski definition) is 3. The second-order valence-electron chi connectivity index (χ2n) is 20.6. The Kier molecular flexibility index (Phi) is 15.1. The van der Waals surface area contributed by atoms with E-state index in [1.54, 1.807) is 11.0 Å². The van der Waals surface area contributed by atoms with Crippen molar-refractivity contribution in [2.45, 2.75) is 77.3 Å². The molecule has 6 aromatic rings. The zero-order valence-electron chi connectivity index (χ0n) is 42.6. The number of phenolic OH excluding ortho intramolecular Hbond substituents is 2. The second kappa shape index (κ2) is 22.2. The van der Waals surface area contributed by atoms with Crippen LogP contribution in [-0.4, -0.2) is 133 Å². The number of piperazine rings is 1. The van der Waals surface area contributed by atoms with Crippen molar-refractivity contribution in [1.82, 2.24) is 39.4 Å². The minimum absolute atomic E-state index is 0.00698. The highest BCUT2D eigenvalue weighted by molar-refractivity contribution is 6.36. The molecule has 17 nitrogen and oxygen atoms in total. The van der Waals surface area contributed by atoms with Crippen LogP contribution < -0.4 is 20.2 Å². The number of nitriles is 1. The number of carbonyl (C=O) groups is 2. The van der Waals surface area contributed by atoms with Gasteiger partial charge in [-0.1, -0.05) is 68.4 Å². The maximum Gasteiger partial charge on any atom is 0.348 e. The van der Waals surface area contributed by atoms with Crippen LogP contribution in [0.5, 0.6) is 17.5 Å². The molecule has 3 fully saturated rings. The van der Waals surface area contributed by atoms with Crippen molar-refractivity contribution in [3.05, 3.63) is 123 Å². The minimum Gasteiger partial charge on any atom is -0.508 e. The molecule has 10 rings (SSSR count). The van der Waals surface area contributed by atoms with Crippen LogP contribution in [0, 0.1) is 23.2 Å². The molecule has 1 unspecified atom stereocenters. The molecule has 4 aliphatic rings. The Hall–Kier alpha value is -7.42. The number of H-pyrrole nitrogens is 1. The first-order chi connectivity index (χ1) is 36.4. The number of benzene rings is 4. The highest BCUT2D eigenvalue weighted by atomic mass is 35.5. The van der Waals surface area contributed by atoms with Gasteiger partial charge in [0.2, 0.25) is 11.8 Å². The number of ether oxygens (including phenoxy) is 1. The molecular weight excluding hydrogens is 970 g/mol. The highest BCUT2D eigenvalue weighted by Gasteiger charge is 2.35. The fraction of sp³-hybridized carbons (Fsp3) is 0.421. The number of halogens is 1. The Balaban J connectivity index is 0.733. The zero-order chi connectivity index (χ0) is 52.3. The number of anilines is 2. The number of carbonyl (C=O) groups excluding carboxylic acids is 2. The number of aromatic amines is 1. The molecule has 3 N–H and O–H groups in total. The van der Waals surface area contributed by atoms with Crippen molar-refractivity contribution in [1.29, 1.82) is 5.26 Å². The van der Waals surface area contributed by atoms with Gasteiger partial charge in [0.05, 0.1) is 47.0 Å². The lowest BCUT2D eigenvalue weighted by Gasteiger charge is -2.42. The highest BCUT2D eigenvalue weighted by Crippen LogP contribution is 2.39. The van der Waals surface area contributed by atoms with Crippen molar-refractivity contribution < 1.29 is 24.5 Å². The van der Waals surface area contributed by atoms with E-state index in [9.17, 15) is 29.9 Å². The van der Waals surface area contributed by atoms with Crippen molar-refractivity contribution in [2.75, 3.05) is 75.3 Å². The van der Waals surface area contributed by atoms with Gasteiger partial charge < -0.3 is 34.5 Å². The normalized spacial score (nSPS) is 17.8. The molecule has 390 valence electrons. The number of nitrogens with one attached hydrogen (secondary N) is 1. The van der Waals surface area contributed by atoms with Gasteiger partial charge >= 0.3 is 11.7 Å². The summed E-state index contributed by atoms with van der Waals surface area (Å²) in [4.78, 5) is 60.3. The number of likely N-dealkylation sites (tertiary alicyclic amines) is 2. The molecule has 6 heterocycles. The van der Waals surface area contributed by atoms with Gasteiger partial charge in [-0.25, -0.2) is 14.5 Å². The van der Waals surface area contributed by atoms with E-state index in [-0.39, 0.29) is 53.4 Å². The van der Waals surface area contributed by atoms with Crippen LogP contribution in [0.25, 0.3) is 27.8 Å². The first-order valence-corrected chi connectivity index (χ1v) is 26.6. The molecule has 4 aliphatic heterocycles. The van der Waals surface area contributed by atoms with E-state index in [1.807, 2.05) is 50.2 Å². The average molecular weight is 1030 g/mol. The second-order valence-corrected chi connectivity index (χ2v) is 21.0. The van der Waals surface area contributed by atoms with E-state index >= 15 is 0 Å². The van der Waals surface area contributed by atoms with Gasteiger partial charge in [0.15, 0.2) is 5.82 Å².